The molecular formula is C23H29N3O3. The van der Waals surface area contributed by atoms with Gasteiger partial charge in [0.1, 0.15) is 5.75 Å². The lowest BCUT2D eigenvalue weighted by Gasteiger charge is -2.42. The summed E-state index contributed by atoms with van der Waals surface area (Å²) < 4.78 is 7.39. The number of amides is 1. The van der Waals surface area contributed by atoms with Gasteiger partial charge in [0.25, 0.3) is 5.56 Å². The van der Waals surface area contributed by atoms with Gasteiger partial charge in [-0.3, -0.25) is 9.59 Å². The zero-order valence-corrected chi connectivity index (χ0v) is 17.0. The number of hydrogen-bond donors (Lipinski definition) is 1. The SMILES string of the molecule is CCOc1ccc(CC(=O)NCCN2C[C@H]3C[C@@H](C2)c2cccc(=O)n2C3)cc1. The zero-order chi connectivity index (χ0) is 20.2. The Morgan fingerprint density at radius 1 is 1.14 bits per heavy atom. The fraction of sp³-hybridized carbons (Fsp3) is 0.478. The van der Waals surface area contributed by atoms with E-state index in [1.807, 2.05) is 41.8 Å². The third-order valence-corrected chi connectivity index (χ3v) is 5.90. The predicted molar refractivity (Wildman–Crippen MR) is 112 cm³/mol. The molecule has 6 nitrogen and oxygen atoms in total. The first-order chi connectivity index (χ1) is 14.1. The van der Waals surface area contributed by atoms with Crippen molar-refractivity contribution >= 4 is 5.91 Å². The highest BCUT2D eigenvalue weighted by Gasteiger charge is 2.34. The van der Waals surface area contributed by atoms with Crippen LogP contribution in [0.5, 0.6) is 5.75 Å². The predicted octanol–water partition coefficient (Wildman–Crippen LogP) is 2.02. The van der Waals surface area contributed by atoms with E-state index in [9.17, 15) is 9.59 Å². The molecule has 0 radical (unpaired) electrons. The molecule has 1 aromatic heterocycles. The van der Waals surface area contributed by atoms with Gasteiger partial charge < -0.3 is 19.5 Å². The third-order valence-electron chi connectivity index (χ3n) is 5.90. The molecule has 6 heteroatoms. The zero-order valence-electron chi connectivity index (χ0n) is 17.0. The average Bonchev–Trinajstić information content (AvgIpc) is 2.70. The lowest BCUT2D eigenvalue weighted by Crippen LogP contribution is -2.48. The first kappa shape index (κ1) is 19.7. The molecular weight excluding hydrogens is 366 g/mol. The number of carbonyl (C=O) groups is 1. The molecule has 1 amide bonds. The highest BCUT2D eigenvalue weighted by molar-refractivity contribution is 5.78. The summed E-state index contributed by atoms with van der Waals surface area (Å²) in [6.07, 6.45) is 1.54. The Morgan fingerprint density at radius 2 is 1.97 bits per heavy atom. The number of nitrogens with one attached hydrogen (secondary N) is 1. The van der Waals surface area contributed by atoms with E-state index in [1.165, 1.54) is 0 Å². The minimum atomic E-state index is 0.0447. The number of aromatic nitrogens is 1. The summed E-state index contributed by atoms with van der Waals surface area (Å²) in [4.78, 5) is 26.8. The maximum absolute atomic E-state index is 12.3. The molecule has 0 spiro atoms. The van der Waals surface area contributed by atoms with E-state index in [4.69, 9.17) is 4.74 Å². The van der Waals surface area contributed by atoms with Gasteiger partial charge in [0.2, 0.25) is 5.91 Å². The molecule has 0 unspecified atom stereocenters. The highest BCUT2D eigenvalue weighted by atomic mass is 16.5. The van der Waals surface area contributed by atoms with E-state index in [-0.39, 0.29) is 11.5 Å². The van der Waals surface area contributed by atoms with Gasteiger partial charge in [-0.05, 0) is 43.0 Å². The molecule has 1 fully saturated rings. The molecule has 0 saturated carbocycles. The molecule has 1 aromatic carbocycles. The van der Waals surface area contributed by atoms with Crippen LogP contribution < -0.4 is 15.6 Å². The van der Waals surface area contributed by atoms with Crippen LogP contribution in [0, 0.1) is 5.92 Å². The summed E-state index contributed by atoms with van der Waals surface area (Å²) in [6, 6.07) is 13.3. The van der Waals surface area contributed by atoms with Gasteiger partial charge in [0.05, 0.1) is 13.0 Å². The maximum Gasteiger partial charge on any atom is 0.250 e. The number of ether oxygens (including phenoxy) is 1. The molecule has 2 bridgehead atoms. The number of rotatable bonds is 7. The van der Waals surface area contributed by atoms with Gasteiger partial charge in [-0.1, -0.05) is 18.2 Å². The molecule has 0 aliphatic carbocycles. The van der Waals surface area contributed by atoms with Crippen LogP contribution in [-0.2, 0) is 17.8 Å². The number of hydrogen-bond acceptors (Lipinski definition) is 4. The van der Waals surface area contributed by atoms with Gasteiger partial charge in [-0.25, -0.2) is 0 Å². The number of piperidine rings is 1. The van der Waals surface area contributed by atoms with Gasteiger partial charge in [-0.15, -0.1) is 0 Å². The van der Waals surface area contributed by atoms with Crippen molar-refractivity contribution in [3.05, 3.63) is 64.1 Å². The Labute approximate surface area is 171 Å². The summed E-state index contributed by atoms with van der Waals surface area (Å²) in [7, 11) is 0. The highest BCUT2D eigenvalue weighted by Crippen LogP contribution is 2.34. The first-order valence-electron chi connectivity index (χ1n) is 10.5. The smallest absolute Gasteiger partial charge is 0.250 e. The van der Waals surface area contributed by atoms with Crippen molar-refractivity contribution in [2.24, 2.45) is 5.92 Å². The quantitative estimate of drug-likeness (QED) is 0.779. The van der Waals surface area contributed by atoms with E-state index in [1.54, 1.807) is 6.07 Å². The van der Waals surface area contributed by atoms with E-state index >= 15 is 0 Å². The average molecular weight is 396 g/mol. The van der Waals surface area contributed by atoms with E-state index in [0.717, 1.165) is 49.6 Å². The molecule has 2 aromatic rings. The summed E-state index contributed by atoms with van der Waals surface area (Å²) >= 11 is 0. The van der Waals surface area contributed by atoms with Crippen molar-refractivity contribution < 1.29 is 9.53 Å². The Hall–Kier alpha value is -2.60. The number of pyridine rings is 1. The summed E-state index contributed by atoms with van der Waals surface area (Å²) in [5.41, 5.74) is 2.27. The van der Waals surface area contributed by atoms with Crippen LogP contribution in [0.3, 0.4) is 0 Å². The Bertz CT molecular complexity index is 906. The van der Waals surface area contributed by atoms with E-state index in [2.05, 4.69) is 16.3 Å². The van der Waals surface area contributed by atoms with Crippen molar-refractivity contribution in [1.29, 1.82) is 0 Å². The van der Waals surface area contributed by atoms with Crippen molar-refractivity contribution in [3.8, 4) is 5.75 Å². The van der Waals surface area contributed by atoms with E-state index < -0.39 is 0 Å². The standard InChI is InChI=1S/C23H29N3O3/c1-2-29-20-8-6-17(7-9-20)13-22(27)24-10-11-25-14-18-12-19(16-25)21-4-3-5-23(28)26(21)15-18/h3-9,18-19H,2,10-16H2,1H3,(H,24,27)/t18-,19+/m1/s1. The number of benzene rings is 1. The molecule has 29 heavy (non-hydrogen) atoms. The molecule has 3 heterocycles. The Balaban J connectivity index is 1.25. The summed E-state index contributed by atoms with van der Waals surface area (Å²) in [5, 5.41) is 3.05. The van der Waals surface area contributed by atoms with Gasteiger partial charge in [-0.2, -0.15) is 0 Å². The fourth-order valence-corrected chi connectivity index (χ4v) is 4.65. The number of nitrogens with zero attached hydrogens (tertiary/aromatic N) is 2. The van der Waals surface area contributed by atoms with Crippen molar-refractivity contribution in [2.45, 2.75) is 32.2 Å². The Morgan fingerprint density at radius 3 is 2.76 bits per heavy atom. The number of fused-ring (bicyclic) bond motifs is 4. The molecule has 2 aliphatic rings. The lowest BCUT2D eigenvalue weighted by atomic mass is 9.83. The van der Waals surface area contributed by atoms with Crippen molar-refractivity contribution in [1.82, 2.24) is 14.8 Å². The van der Waals surface area contributed by atoms with Crippen molar-refractivity contribution in [2.75, 3.05) is 32.8 Å². The molecule has 2 aliphatic heterocycles. The molecule has 4 rings (SSSR count). The minimum absolute atomic E-state index is 0.0447. The van der Waals surface area contributed by atoms with Crippen LogP contribution in [0.1, 0.15) is 30.5 Å². The van der Waals surface area contributed by atoms with Crippen LogP contribution in [0.15, 0.2) is 47.3 Å². The topological polar surface area (TPSA) is 63.6 Å². The van der Waals surface area contributed by atoms with Crippen LogP contribution in [-0.4, -0.2) is 48.2 Å². The third kappa shape index (κ3) is 4.70. The molecule has 1 saturated heterocycles. The van der Waals surface area contributed by atoms with Gasteiger partial charge >= 0.3 is 0 Å². The molecule has 154 valence electrons. The minimum Gasteiger partial charge on any atom is -0.494 e. The second kappa shape index (κ2) is 8.82. The number of likely N-dealkylation sites (tertiary alicyclic amines) is 1. The van der Waals surface area contributed by atoms with Crippen LogP contribution in [0.2, 0.25) is 0 Å². The van der Waals surface area contributed by atoms with Crippen LogP contribution in [0.4, 0.5) is 0 Å². The van der Waals surface area contributed by atoms with Gasteiger partial charge in [0.15, 0.2) is 0 Å². The van der Waals surface area contributed by atoms with Crippen LogP contribution >= 0.6 is 0 Å². The first-order valence-corrected chi connectivity index (χ1v) is 10.5. The summed E-state index contributed by atoms with van der Waals surface area (Å²) in [5.74, 6) is 1.80. The Kier molecular flexibility index (Phi) is 6.00. The van der Waals surface area contributed by atoms with Crippen LogP contribution in [0.25, 0.3) is 0 Å². The van der Waals surface area contributed by atoms with Crippen molar-refractivity contribution in [3.63, 3.8) is 0 Å². The fourth-order valence-electron chi connectivity index (χ4n) is 4.65. The summed E-state index contributed by atoms with van der Waals surface area (Å²) in [6.45, 7) is 6.85. The van der Waals surface area contributed by atoms with Gasteiger partial charge in [0, 0.05) is 50.4 Å². The normalized spacial score (nSPS) is 20.7. The molecule has 2 atom stereocenters. The maximum atomic E-state index is 12.3. The second-order valence-electron chi connectivity index (χ2n) is 8.06. The molecule has 1 N–H and O–H groups in total. The monoisotopic (exact) mass is 395 g/mol. The van der Waals surface area contributed by atoms with E-state index in [0.29, 0.717) is 31.4 Å². The lowest BCUT2D eigenvalue weighted by molar-refractivity contribution is -0.120. The number of carbonyl (C=O) groups excluding carboxylic acids is 1. The second-order valence-corrected chi connectivity index (χ2v) is 8.06. The largest absolute Gasteiger partial charge is 0.494 e.